The lowest BCUT2D eigenvalue weighted by atomic mass is 10.1. The average Bonchev–Trinajstić information content (AvgIpc) is 2.95. The van der Waals surface area contributed by atoms with Crippen LogP contribution in [0.15, 0.2) is 77.7 Å². The standard InChI is InChI=1S/C29H33Cl2N3O5S/c1-4-17-32-29(36)26(5-2)33(19-21-11-13-22(30)14-12-21)28(35)20-34(23-15-16-27(39-3)25(31)18-23)40(37,38)24-9-7-6-8-10-24/h6-16,18,26H,4-5,17,19-20H2,1-3H3,(H,32,36)/t26-/m0/s1. The number of nitrogens with one attached hydrogen (secondary N) is 1. The summed E-state index contributed by atoms with van der Waals surface area (Å²) in [5.41, 5.74) is 0.919. The molecule has 0 radical (unpaired) electrons. The number of benzene rings is 3. The molecule has 1 N–H and O–H groups in total. The summed E-state index contributed by atoms with van der Waals surface area (Å²) in [5.74, 6) is -0.506. The van der Waals surface area contributed by atoms with Crippen molar-refractivity contribution < 1.29 is 22.7 Å². The van der Waals surface area contributed by atoms with E-state index >= 15 is 0 Å². The third-order valence-electron chi connectivity index (χ3n) is 6.23. The van der Waals surface area contributed by atoms with Gasteiger partial charge in [-0.15, -0.1) is 0 Å². The average molecular weight is 607 g/mol. The third-order valence-corrected chi connectivity index (χ3v) is 8.57. The number of anilines is 1. The number of nitrogens with zero attached hydrogens (tertiary/aromatic N) is 2. The summed E-state index contributed by atoms with van der Waals surface area (Å²) >= 11 is 12.4. The zero-order valence-corrected chi connectivity index (χ0v) is 25.0. The Balaban J connectivity index is 2.07. The number of sulfonamides is 1. The molecular formula is C29H33Cl2N3O5S. The van der Waals surface area contributed by atoms with Gasteiger partial charge in [0.15, 0.2) is 0 Å². The summed E-state index contributed by atoms with van der Waals surface area (Å²) in [5, 5.41) is 3.58. The van der Waals surface area contributed by atoms with Gasteiger partial charge in [0, 0.05) is 18.1 Å². The van der Waals surface area contributed by atoms with Crippen molar-refractivity contribution >= 4 is 50.7 Å². The predicted octanol–water partition coefficient (Wildman–Crippen LogP) is 5.53. The number of carbonyl (C=O) groups excluding carboxylic acids is 2. The number of amides is 2. The van der Waals surface area contributed by atoms with Crippen molar-refractivity contribution in [3.8, 4) is 5.75 Å². The van der Waals surface area contributed by atoms with E-state index in [-0.39, 0.29) is 28.1 Å². The Labute approximate surface area is 245 Å². The van der Waals surface area contributed by atoms with Crippen LogP contribution in [0.4, 0.5) is 5.69 Å². The first-order chi connectivity index (χ1) is 19.1. The molecule has 8 nitrogen and oxygen atoms in total. The van der Waals surface area contributed by atoms with E-state index in [1.54, 1.807) is 49.4 Å². The normalized spacial score (nSPS) is 11.9. The molecule has 0 unspecified atom stereocenters. The molecule has 0 heterocycles. The molecule has 2 amide bonds. The number of hydrogen-bond acceptors (Lipinski definition) is 5. The summed E-state index contributed by atoms with van der Waals surface area (Å²) in [6, 6.07) is 18.4. The smallest absolute Gasteiger partial charge is 0.264 e. The Morgan fingerprint density at radius 1 is 0.975 bits per heavy atom. The summed E-state index contributed by atoms with van der Waals surface area (Å²) in [7, 11) is -2.75. The minimum absolute atomic E-state index is 0.00622. The van der Waals surface area contributed by atoms with Crippen LogP contribution in [0.25, 0.3) is 0 Å². The molecule has 3 aromatic rings. The number of ether oxygens (including phenoxy) is 1. The molecule has 3 rings (SSSR count). The number of methoxy groups -OCH3 is 1. The molecule has 0 bridgehead atoms. The Morgan fingerprint density at radius 2 is 1.65 bits per heavy atom. The first-order valence-electron chi connectivity index (χ1n) is 12.8. The first kappa shape index (κ1) is 31.3. The minimum atomic E-state index is -4.20. The van der Waals surface area contributed by atoms with Gasteiger partial charge in [0.25, 0.3) is 10.0 Å². The molecule has 0 aliphatic carbocycles. The predicted molar refractivity (Wildman–Crippen MR) is 158 cm³/mol. The zero-order valence-electron chi connectivity index (χ0n) is 22.6. The maximum absolute atomic E-state index is 14.0. The maximum Gasteiger partial charge on any atom is 0.264 e. The second-order valence-electron chi connectivity index (χ2n) is 9.01. The van der Waals surface area contributed by atoms with Gasteiger partial charge < -0.3 is 15.0 Å². The highest BCUT2D eigenvalue weighted by Gasteiger charge is 2.33. The lowest BCUT2D eigenvalue weighted by molar-refractivity contribution is -0.140. The van der Waals surface area contributed by atoms with E-state index in [0.29, 0.717) is 23.7 Å². The highest BCUT2D eigenvalue weighted by atomic mass is 35.5. The molecule has 40 heavy (non-hydrogen) atoms. The van der Waals surface area contributed by atoms with E-state index in [1.165, 1.54) is 42.3 Å². The van der Waals surface area contributed by atoms with Gasteiger partial charge in [0.2, 0.25) is 11.8 Å². The fourth-order valence-electron chi connectivity index (χ4n) is 4.13. The van der Waals surface area contributed by atoms with Crippen molar-refractivity contribution in [2.75, 3.05) is 24.5 Å². The Bertz CT molecular complexity index is 1400. The fourth-order valence-corrected chi connectivity index (χ4v) is 5.94. The lowest BCUT2D eigenvalue weighted by Crippen LogP contribution is -2.52. The van der Waals surface area contributed by atoms with Gasteiger partial charge >= 0.3 is 0 Å². The van der Waals surface area contributed by atoms with E-state index in [0.717, 1.165) is 16.3 Å². The van der Waals surface area contributed by atoms with Crippen molar-refractivity contribution in [2.24, 2.45) is 0 Å². The Morgan fingerprint density at radius 3 is 2.23 bits per heavy atom. The highest BCUT2D eigenvalue weighted by Crippen LogP contribution is 2.32. The first-order valence-corrected chi connectivity index (χ1v) is 15.0. The molecule has 1 atom stereocenters. The summed E-state index contributed by atoms with van der Waals surface area (Å²) < 4.78 is 33.9. The van der Waals surface area contributed by atoms with Gasteiger partial charge in [-0.3, -0.25) is 13.9 Å². The Kier molecular flexibility index (Phi) is 11.2. The second-order valence-corrected chi connectivity index (χ2v) is 11.7. The van der Waals surface area contributed by atoms with Crippen LogP contribution in [-0.2, 0) is 26.2 Å². The minimum Gasteiger partial charge on any atom is -0.495 e. The summed E-state index contributed by atoms with van der Waals surface area (Å²) in [6.07, 6.45) is 1.06. The molecular weight excluding hydrogens is 573 g/mol. The topological polar surface area (TPSA) is 96.0 Å². The van der Waals surface area contributed by atoms with E-state index in [1.807, 2.05) is 6.92 Å². The van der Waals surface area contributed by atoms with Crippen molar-refractivity contribution in [3.05, 3.63) is 88.4 Å². The SMILES string of the molecule is CCCNC(=O)[C@H](CC)N(Cc1ccc(Cl)cc1)C(=O)CN(c1ccc(OC)c(Cl)c1)S(=O)(=O)c1ccccc1. The van der Waals surface area contributed by atoms with Gasteiger partial charge in [-0.2, -0.15) is 0 Å². The van der Waals surface area contributed by atoms with Crippen molar-refractivity contribution in [2.45, 2.75) is 44.2 Å². The largest absolute Gasteiger partial charge is 0.495 e. The van der Waals surface area contributed by atoms with Crippen molar-refractivity contribution in [1.29, 1.82) is 0 Å². The van der Waals surface area contributed by atoms with Gasteiger partial charge in [-0.25, -0.2) is 8.42 Å². The molecule has 0 spiro atoms. The molecule has 0 aromatic heterocycles. The molecule has 0 saturated heterocycles. The monoisotopic (exact) mass is 605 g/mol. The van der Waals surface area contributed by atoms with Gasteiger partial charge in [0.05, 0.1) is 22.7 Å². The van der Waals surface area contributed by atoms with E-state index < -0.39 is 28.5 Å². The van der Waals surface area contributed by atoms with Gasteiger partial charge in [0.1, 0.15) is 18.3 Å². The van der Waals surface area contributed by atoms with Gasteiger partial charge in [-0.1, -0.05) is 67.4 Å². The van der Waals surface area contributed by atoms with E-state index in [4.69, 9.17) is 27.9 Å². The molecule has 0 aliphatic rings. The van der Waals surface area contributed by atoms with Crippen LogP contribution in [0.3, 0.4) is 0 Å². The van der Waals surface area contributed by atoms with E-state index in [2.05, 4.69) is 5.32 Å². The maximum atomic E-state index is 14.0. The van der Waals surface area contributed by atoms with Crippen LogP contribution in [0.5, 0.6) is 5.75 Å². The van der Waals surface area contributed by atoms with E-state index in [9.17, 15) is 18.0 Å². The van der Waals surface area contributed by atoms with Crippen LogP contribution < -0.4 is 14.4 Å². The van der Waals surface area contributed by atoms with Crippen LogP contribution in [-0.4, -0.2) is 51.4 Å². The van der Waals surface area contributed by atoms with Crippen LogP contribution in [0.2, 0.25) is 10.0 Å². The number of halogens is 2. The summed E-state index contributed by atoms with van der Waals surface area (Å²) in [4.78, 5) is 28.6. The van der Waals surface area contributed by atoms with Crippen LogP contribution in [0.1, 0.15) is 32.3 Å². The lowest BCUT2D eigenvalue weighted by Gasteiger charge is -2.33. The second kappa shape index (κ2) is 14.4. The third kappa shape index (κ3) is 7.68. The molecule has 0 aliphatic heterocycles. The quantitative estimate of drug-likeness (QED) is 0.276. The number of rotatable bonds is 13. The number of hydrogen-bond donors (Lipinski definition) is 1. The molecule has 214 valence electrons. The molecule has 3 aromatic carbocycles. The summed E-state index contributed by atoms with van der Waals surface area (Å²) in [6.45, 7) is 3.71. The molecule has 0 fully saturated rings. The van der Waals surface area contributed by atoms with Crippen LogP contribution >= 0.6 is 23.2 Å². The Hall–Kier alpha value is -3.27. The molecule has 11 heteroatoms. The molecule has 0 saturated carbocycles. The van der Waals surface area contributed by atoms with Gasteiger partial charge in [-0.05, 0) is 60.9 Å². The van der Waals surface area contributed by atoms with Crippen LogP contribution in [0, 0.1) is 0 Å². The van der Waals surface area contributed by atoms with Crippen molar-refractivity contribution in [1.82, 2.24) is 10.2 Å². The van der Waals surface area contributed by atoms with Crippen molar-refractivity contribution in [3.63, 3.8) is 0 Å². The highest BCUT2D eigenvalue weighted by molar-refractivity contribution is 7.92. The number of carbonyl (C=O) groups is 2. The fraction of sp³-hybridized carbons (Fsp3) is 0.310. The zero-order chi connectivity index (χ0) is 29.3.